The van der Waals surface area contributed by atoms with Crippen molar-refractivity contribution in [2.45, 2.75) is 6.92 Å². The first-order valence-electron chi connectivity index (χ1n) is 5.06. The Morgan fingerprint density at radius 1 is 1.58 bits per heavy atom. The molecule has 0 aliphatic heterocycles. The Labute approximate surface area is 108 Å². The SMILES string of the molecule is COC(=O)/C(C#N)=N/Nc1ccc(C)cc1[N+](=O)[O-]. The molecule has 0 unspecified atom stereocenters. The number of anilines is 1. The number of esters is 1. The van der Waals surface area contributed by atoms with E-state index in [1.54, 1.807) is 13.0 Å². The van der Waals surface area contributed by atoms with Crippen LogP contribution in [0.3, 0.4) is 0 Å². The summed E-state index contributed by atoms with van der Waals surface area (Å²) in [7, 11) is 1.10. The molecule has 0 heterocycles. The van der Waals surface area contributed by atoms with Gasteiger partial charge in [0.15, 0.2) is 0 Å². The van der Waals surface area contributed by atoms with Gasteiger partial charge in [-0.2, -0.15) is 10.4 Å². The molecule has 1 aromatic rings. The van der Waals surface area contributed by atoms with Crippen LogP contribution in [0.15, 0.2) is 23.3 Å². The molecule has 1 rings (SSSR count). The number of carbonyl (C=O) groups is 1. The first-order valence-corrected chi connectivity index (χ1v) is 5.06. The van der Waals surface area contributed by atoms with Crippen molar-refractivity contribution in [1.82, 2.24) is 0 Å². The van der Waals surface area contributed by atoms with Crippen molar-refractivity contribution in [2.75, 3.05) is 12.5 Å². The maximum Gasteiger partial charge on any atom is 0.369 e. The summed E-state index contributed by atoms with van der Waals surface area (Å²) in [6, 6.07) is 5.94. The number of rotatable bonds is 4. The van der Waals surface area contributed by atoms with E-state index in [9.17, 15) is 14.9 Å². The third kappa shape index (κ3) is 3.50. The summed E-state index contributed by atoms with van der Waals surface area (Å²) in [5.74, 6) is -0.926. The standard InChI is InChI=1S/C11H10N4O4/c1-7-3-4-8(10(5-7)15(17)18)13-14-9(6-12)11(16)19-2/h3-5,13H,1-2H3/b14-9+. The van der Waals surface area contributed by atoms with Crippen LogP contribution >= 0.6 is 0 Å². The number of hydrogen-bond acceptors (Lipinski definition) is 7. The molecule has 1 N–H and O–H groups in total. The van der Waals surface area contributed by atoms with Crippen LogP contribution in [0.2, 0.25) is 0 Å². The molecule has 0 amide bonds. The van der Waals surface area contributed by atoms with Crippen molar-refractivity contribution >= 4 is 23.1 Å². The Hall–Kier alpha value is -2.95. The fraction of sp³-hybridized carbons (Fsp3) is 0.182. The number of nitro groups is 1. The van der Waals surface area contributed by atoms with E-state index in [0.29, 0.717) is 5.56 Å². The summed E-state index contributed by atoms with van der Waals surface area (Å²) in [4.78, 5) is 21.3. The molecule has 0 aliphatic rings. The van der Waals surface area contributed by atoms with Gasteiger partial charge in [-0.05, 0) is 18.6 Å². The third-order valence-corrected chi connectivity index (χ3v) is 2.12. The highest BCUT2D eigenvalue weighted by molar-refractivity contribution is 6.43. The first kappa shape index (κ1) is 14.1. The molecular weight excluding hydrogens is 252 g/mol. The largest absolute Gasteiger partial charge is 0.464 e. The maximum atomic E-state index is 11.1. The normalized spacial score (nSPS) is 10.5. The summed E-state index contributed by atoms with van der Waals surface area (Å²) in [5.41, 5.74) is 2.36. The van der Waals surface area contributed by atoms with E-state index in [1.165, 1.54) is 18.2 Å². The number of carbonyl (C=O) groups excluding carboxylic acids is 1. The average Bonchev–Trinajstić information content (AvgIpc) is 2.40. The number of hydrazone groups is 1. The van der Waals surface area contributed by atoms with E-state index in [2.05, 4.69) is 15.3 Å². The van der Waals surface area contributed by atoms with E-state index >= 15 is 0 Å². The van der Waals surface area contributed by atoms with Crippen LogP contribution in [0, 0.1) is 28.4 Å². The number of benzene rings is 1. The van der Waals surface area contributed by atoms with Gasteiger partial charge in [-0.1, -0.05) is 6.07 Å². The number of methoxy groups -OCH3 is 1. The molecule has 0 radical (unpaired) electrons. The van der Waals surface area contributed by atoms with Gasteiger partial charge in [0.2, 0.25) is 5.71 Å². The first-order chi connectivity index (χ1) is 8.99. The van der Waals surface area contributed by atoms with Crippen molar-refractivity contribution < 1.29 is 14.5 Å². The summed E-state index contributed by atoms with van der Waals surface area (Å²) in [6.07, 6.45) is 0. The smallest absolute Gasteiger partial charge is 0.369 e. The number of nitrogens with zero attached hydrogens (tertiary/aromatic N) is 3. The topological polar surface area (TPSA) is 118 Å². The number of nitrogens with one attached hydrogen (secondary N) is 1. The molecule has 8 heteroatoms. The molecule has 0 saturated carbocycles. The minimum absolute atomic E-state index is 0.0762. The molecule has 98 valence electrons. The molecule has 1 aromatic carbocycles. The molecular formula is C11H10N4O4. The Morgan fingerprint density at radius 2 is 2.26 bits per heavy atom. The molecule has 0 atom stereocenters. The molecule has 0 fully saturated rings. The van der Waals surface area contributed by atoms with E-state index < -0.39 is 16.6 Å². The second-order valence-electron chi connectivity index (χ2n) is 3.45. The van der Waals surface area contributed by atoms with Crippen molar-refractivity contribution in [3.05, 3.63) is 33.9 Å². The van der Waals surface area contributed by atoms with Crippen LogP contribution in [-0.4, -0.2) is 23.7 Å². The quantitative estimate of drug-likeness (QED) is 0.379. The zero-order chi connectivity index (χ0) is 14.4. The molecule has 19 heavy (non-hydrogen) atoms. The number of ether oxygens (including phenoxy) is 1. The van der Waals surface area contributed by atoms with Crippen molar-refractivity contribution in [1.29, 1.82) is 5.26 Å². The second kappa shape index (κ2) is 6.11. The van der Waals surface area contributed by atoms with Crippen LogP contribution in [0.4, 0.5) is 11.4 Å². The van der Waals surface area contributed by atoms with Gasteiger partial charge in [0.05, 0.1) is 12.0 Å². The summed E-state index contributed by atoms with van der Waals surface area (Å²) < 4.78 is 4.32. The Bertz CT molecular complexity index is 589. The Morgan fingerprint density at radius 3 is 2.79 bits per heavy atom. The molecule has 0 aromatic heterocycles. The number of nitro benzene ring substituents is 1. The van der Waals surface area contributed by atoms with Crippen LogP contribution in [0.1, 0.15) is 5.56 Å². The zero-order valence-corrected chi connectivity index (χ0v) is 10.2. The highest BCUT2D eigenvalue weighted by Crippen LogP contribution is 2.25. The average molecular weight is 262 g/mol. The van der Waals surface area contributed by atoms with Gasteiger partial charge in [-0.3, -0.25) is 15.5 Å². The summed E-state index contributed by atoms with van der Waals surface area (Å²) in [5, 5.41) is 23.0. The van der Waals surface area contributed by atoms with Crippen LogP contribution in [0.5, 0.6) is 0 Å². The third-order valence-electron chi connectivity index (χ3n) is 2.12. The molecule has 8 nitrogen and oxygen atoms in total. The van der Waals surface area contributed by atoms with Gasteiger partial charge in [0.25, 0.3) is 5.69 Å². The summed E-state index contributed by atoms with van der Waals surface area (Å²) in [6.45, 7) is 1.70. The number of nitriles is 1. The second-order valence-corrected chi connectivity index (χ2v) is 3.45. The van der Waals surface area contributed by atoms with Gasteiger partial charge >= 0.3 is 5.97 Å². The maximum absolute atomic E-state index is 11.1. The lowest BCUT2D eigenvalue weighted by Gasteiger charge is -2.03. The van der Waals surface area contributed by atoms with Crippen molar-refractivity contribution in [3.63, 3.8) is 0 Å². The van der Waals surface area contributed by atoms with Crippen molar-refractivity contribution in [3.8, 4) is 6.07 Å². The minimum Gasteiger partial charge on any atom is -0.464 e. The minimum atomic E-state index is -0.926. The fourth-order valence-corrected chi connectivity index (χ4v) is 1.22. The van der Waals surface area contributed by atoms with E-state index in [0.717, 1.165) is 7.11 Å². The summed E-state index contributed by atoms with van der Waals surface area (Å²) >= 11 is 0. The van der Waals surface area contributed by atoms with Gasteiger partial charge in [0, 0.05) is 6.07 Å². The predicted molar refractivity (Wildman–Crippen MR) is 66.5 cm³/mol. The van der Waals surface area contributed by atoms with E-state index in [-0.39, 0.29) is 11.4 Å². The Kier molecular flexibility index (Phi) is 4.54. The highest BCUT2D eigenvalue weighted by Gasteiger charge is 2.15. The molecule has 0 aliphatic carbocycles. The molecule has 0 spiro atoms. The highest BCUT2D eigenvalue weighted by atomic mass is 16.6. The van der Waals surface area contributed by atoms with Gasteiger partial charge in [0.1, 0.15) is 11.8 Å². The lowest BCUT2D eigenvalue weighted by molar-refractivity contribution is -0.384. The van der Waals surface area contributed by atoms with Crippen LogP contribution in [-0.2, 0) is 9.53 Å². The number of aryl methyl sites for hydroxylation is 1. The number of hydrogen-bond donors (Lipinski definition) is 1. The zero-order valence-electron chi connectivity index (χ0n) is 10.2. The predicted octanol–water partition coefficient (Wildman–Crippen LogP) is 1.37. The molecule has 0 saturated heterocycles. The van der Waals surface area contributed by atoms with Crippen LogP contribution < -0.4 is 5.43 Å². The fourth-order valence-electron chi connectivity index (χ4n) is 1.22. The molecule has 0 bridgehead atoms. The van der Waals surface area contributed by atoms with Gasteiger partial charge < -0.3 is 4.74 Å². The van der Waals surface area contributed by atoms with Gasteiger partial charge in [-0.15, -0.1) is 0 Å². The van der Waals surface area contributed by atoms with E-state index in [4.69, 9.17) is 5.26 Å². The van der Waals surface area contributed by atoms with Gasteiger partial charge in [-0.25, -0.2) is 4.79 Å². The Balaban J connectivity index is 3.07. The van der Waals surface area contributed by atoms with E-state index in [1.807, 2.05) is 0 Å². The van der Waals surface area contributed by atoms with Crippen molar-refractivity contribution in [2.24, 2.45) is 5.10 Å². The van der Waals surface area contributed by atoms with Crippen LogP contribution in [0.25, 0.3) is 0 Å². The lowest BCUT2D eigenvalue weighted by atomic mass is 10.2. The monoisotopic (exact) mass is 262 g/mol. The lowest BCUT2D eigenvalue weighted by Crippen LogP contribution is -2.15.